The number of hydrogen-bond donors (Lipinski definition) is 3. The van der Waals surface area contributed by atoms with E-state index in [-0.39, 0.29) is 24.1 Å². The van der Waals surface area contributed by atoms with Gasteiger partial charge in [0.15, 0.2) is 0 Å². The lowest BCUT2D eigenvalue weighted by Crippen LogP contribution is -2.30. The molecular formula is C20H22ClN3O3. The van der Waals surface area contributed by atoms with E-state index >= 15 is 0 Å². The molecule has 0 fully saturated rings. The quantitative estimate of drug-likeness (QED) is 0.711. The maximum absolute atomic E-state index is 12.6. The van der Waals surface area contributed by atoms with E-state index in [4.69, 9.17) is 11.6 Å². The van der Waals surface area contributed by atoms with Crippen LogP contribution in [0.2, 0.25) is 5.02 Å². The van der Waals surface area contributed by atoms with Crippen molar-refractivity contribution in [3.8, 4) is 0 Å². The molecule has 7 heteroatoms. The zero-order chi connectivity index (χ0) is 20.0. The van der Waals surface area contributed by atoms with Crippen LogP contribution in [0.25, 0.3) is 0 Å². The van der Waals surface area contributed by atoms with E-state index in [0.717, 1.165) is 5.56 Å². The zero-order valence-corrected chi connectivity index (χ0v) is 16.2. The zero-order valence-electron chi connectivity index (χ0n) is 15.4. The number of carbonyl (C=O) groups is 3. The van der Waals surface area contributed by atoms with Crippen molar-refractivity contribution in [1.29, 1.82) is 0 Å². The number of nitrogens with one attached hydrogen (secondary N) is 3. The van der Waals surface area contributed by atoms with Gasteiger partial charge in [0, 0.05) is 30.2 Å². The van der Waals surface area contributed by atoms with Crippen molar-refractivity contribution in [2.45, 2.75) is 26.3 Å². The molecule has 0 aromatic heterocycles. The summed E-state index contributed by atoms with van der Waals surface area (Å²) in [6.07, 6.45) is 0.0465. The summed E-state index contributed by atoms with van der Waals surface area (Å²) in [6.45, 7) is 3.17. The second-order valence-electron chi connectivity index (χ2n) is 6.11. The van der Waals surface area contributed by atoms with Crippen molar-refractivity contribution in [2.75, 3.05) is 12.4 Å². The Morgan fingerprint density at radius 2 is 1.74 bits per heavy atom. The SMILES string of the molecule is CNC(=O)c1cccc(NC(=O)CC(NC(C)=O)c2ccc(Cl)cc2)c1C. The van der Waals surface area contributed by atoms with Gasteiger partial charge in [0.1, 0.15) is 0 Å². The van der Waals surface area contributed by atoms with Crippen molar-refractivity contribution in [2.24, 2.45) is 0 Å². The summed E-state index contributed by atoms with van der Waals surface area (Å²) < 4.78 is 0. The minimum Gasteiger partial charge on any atom is -0.355 e. The summed E-state index contributed by atoms with van der Waals surface area (Å²) in [6, 6.07) is 11.6. The number of rotatable bonds is 6. The molecule has 0 aliphatic heterocycles. The largest absolute Gasteiger partial charge is 0.355 e. The first-order valence-corrected chi connectivity index (χ1v) is 8.83. The van der Waals surface area contributed by atoms with E-state index in [1.54, 1.807) is 56.4 Å². The number of halogens is 1. The highest BCUT2D eigenvalue weighted by Gasteiger charge is 2.18. The molecule has 6 nitrogen and oxygen atoms in total. The lowest BCUT2D eigenvalue weighted by atomic mass is 10.0. The lowest BCUT2D eigenvalue weighted by Gasteiger charge is -2.19. The van der Waals surface area contributed by atoms with Gasteiger partial charge in [0.05, 0.1) is 12.5 Å². The minimum absolute atomic E-state index is 0.0465. The Labute approximate surface area is 163 Å². The summed E-state index contributed by atoms with van der Waals surface area (Å²) >= 11 is 5.91. The highest BCUT2D eigenvalue weighted by molar-refractivity contribution is 6.30. The molecule has 0 aliphatic rings. The van der Waals surface area contributed by atoms with Crippen molar-refractivity contribution < 1.29 is 14.4 Å². The Bertz CT molecular complexity index is 850. The fourth-order valence-corrected chi connectivity index (χ4v) is 2.86. The number of anilines is 1. The number of hydrogen-bond acceptors (Lipinski definition) is 3. The van der Waals surface area contributed by atoms with Gasteiger partial charge in [-0.3, -0.25) is 14.4 Å². The molecule has 0 radical (unpaired) electrons. The maximum Gasteiger partial charge on any atom is 0.251 e. The van der Waals surface area contributed by atoms with Gasteiger partial charge < -0.3 is 16.0 Å². The van der Waals surface area contributed by atoms with Gasteiger partial charge in [-0.2, -0.15) is 0 Å². The minimum atomic E-state index is -0.484. The molecule has 0 aliphatic carbocycles. The highest BCUT2D eigenvalue weighted by atomic mass is 35.5. The molecule has 3 amide bonds. The fraction of sp³-hybridized carbons (Fsp3) is 0.250. The van der Waals surface area contributed by atoms with E-state index in [1.165, 1.54) is 6.92 Å². The molecule has 0 saturated heterocycles. The molecule has 0 spiro atoms. The Balaban J connectivity index is 2.17. The molecule has 1 unspecified atom stereocenters. The second-order valence-corrected chi connectivity index (χ2v) is 6.55. The van der Waals surface area contributed by atoms with E-state index in [1.807, 2.05) is 0 Å². The van der Waals surface area contributed by atoms with Gasteiger partial charge in [0.2, 0.25) is 11.8 Å². The third-order valence-corrected chi connectivity index (χ3v) is 4.37. The van der Waals surface area contributed by atoms with E-state index in [0.29, 0.717) is 21.8 Å². The lowest BCUT2D eigenvalue weighted by molar-refractivity contribution is -0.120. The Hall–Kier alpha value is -2.86. The molecule has 0 heterocycles. The number of benzene rings is 2. The molecule has 27 heavy (non-hydrogen) atoms. The van der Waals surface area contributed by atoms with Crippen molar-refractivity contribution in [1.82, 2.24) is 10.6 Å². The smallest absolute Gasteiger partial charge is 0.251 e. The van der Waals surface area contributed by atoms with Crippen LogP contribution in [0, 0.1) is 6.92 Å². The average Bonchev–Trinajstić information content (AvgIpc) is 2.62. The maximum atomic E-state index is 12.6. The van der Waals surface area contributed by atoms with Gasteiger partial charge in [-0.15, -0.1) is 0 Å². The Morgan fingerprint density at radius 1 is 1.07 bits per heavy atom. The molecule has 3 N–H and O–H groups in total. The van der Waals surface area contributed by atoms with E-state index in [9.17, 15) is 14.4 Å². The normalized spacial score (nSPS) is 11.4. The third-order valence-electron chi connectivity index (χ3n) is 4.12. The fourth-order valence-electron chi connectivity index (χ4n) is 2.73. The Morgan fingerprint density at radius 3 is 2.33 bits per heavy atom. The van der Waals surface area contributed by atoms with Crippen molar-refractivity contribution in [3.05, 3.63) is 64.2 Å². The van der Waals surface area contributed by atoms with Crippen LogP contribution in [0.3, 0.4) is 0 Å². The molecule has 2 rings (SSSR count). The van der Waals surface area contributed by atoms with Crippen LogP contribution in [-0.4, -0.2) is 24.8 Å². The molecule has 142 valence electrons. The van der Waals surface area contributed by atoms with Crippen molar-refractivity contribution in [3.63, 3.8) is 0 Å². The monoisotopic (exact) mass is 387 g/mol. The topological polar surface area (TPSA) is 87.3 Å². The van der Waals surface area contributed by atoms with Crippen LogP contribution in [-0.2, 0) is 9.59 Å². The number of amides is 3. The van der Waals surface area contributed by atoms with Gasteiger partial charge >= 0.3 is 0 Å². The molecule has 0 saturated carbocycles. The predicted octanol–water partition coefficient (Wildman–Crippen LogP) is 3.21. The second kappa shape index (κ2) is 9.19. The van der Waals surface area contributed by atoms with Crippen molar-refractivity contribution >= 4 is 35.0 Å². The van der Waals surface area contributed by atoms with Crippen LogP contribution < -0.4 is 16.0 Å². The van der Waals surface area contributed by atoms with E-state index in [2.05, 4.69) is 16.0 Å². The summed E-state index contributed by atoms with van der Waals surface area (Å²) in [5.74, 6) is -0.734. The summed E-state index contributed by atoms with van der Waals surface area (Å²) in [7, 11) is 1.55. The third kappa shape index (κ3) is 5.56. The van der Waals surface area contributed by atoms with Gasteiger partial charge in [-0.1, -0.05) is 29.8 Å². The van der Waals surface area contributed by atoms with Gasteiger partial charge in [-0.25, -0.2) is 0 Å². The van der Waals surface area contributed by atoms with Gasteiger partial charge in [0.25, 0.3) is 5.91 Å². The molecule has 0 bridgehead atoms. The van der Waals surface area contributed by atoms with Crippen LogP contribution in [0.1, 0.15) is 40.9 Å². The molecule has 2 aromatic carbocycles. The van der Waals surface area contributed by atoms with Gasteiger partial charge in [-0.05, 0) is 42.3 Å². The molecule has 2 aromatic rings. The Kier molecular flexibility index (Phi) is 6.96. The predicted molar refractivity (Wildman–Crippen MR) is 106 cm³/mol. The summed E-state index contributed by atoms with van der Waals surface area (Å²) in [5.41, 5.74) is 2.50. The van der Waals surface area contributed by atoms with Crippen LogP contribution in [0.4, 0.5) is 5.69 Å². The standard InChI is InChI=1S/C20H22ClN3O3/c1-12-16(20(27)22-3)5-4-6-17(12)24-19(26)11-18(23-13(2)25)14-7-9-15(21)10-8-14/h4-10,18H,11H2,1-3H3,(H,22,27)(H,23,25)(H,24,26). The molecular weight excluding hydrogens is 366 g/mol. The molecule has 1 atom stereocenters. The summed E-state index contributed by atoms with van der Waals surface area (Å²) in [4.78, 5) is 36.0. The first kappa shape index (κ1) is 20.5. The van der Waals surface area contributed by atoms with Crippen LogP contribution in [0.15, 0.2) is 42.5 Å². The van der Waals surface area contributed by atoms with E-state index < -0.39 is 6.04 Å². The summed E-state index contributed by atoms with van der Waals surface area (Å²) in [5, 5.41) is 8.74. The first-order chi connectivity index (χ1) is 12.8. The highest BCUT2D eigenvalue weighted by Crippen LogP contribution is 2.22. The first-order valence-electron chi connectivity index (χ1n) is 8.46. The average molecular weight is 388 g/mol. The number of carbonyl (C=O) groups excluding carboxylic acids is 3. The van der Waals surface area contributed by atoms with Crippen LogP contribution >= 0.6 is 11.6 Å². The van der Waals surface area contributed by atoms with Crippen LogP contribution in [0.5, 0.6) is 0 Å².